The van der Waals surface area contributed by atoms with Gasteiger partial charge < -0.3 is 18.9 Å². The molecule has 5 heteroatoms. The Labute approximate surface area is 127 Å². The van der Waals surface area contributed by atoms with Crippen LogP contribution in [0.15, 0.2) is 23.8 Å². The fourth-order valence-corrected chi connectivity index (χ4v) is 2.89. The van der Waals surface area contributed by atoms with E-state index in [2.05, 4.69) is 0 Å². The van der Waals surface area contributed by atoms with Gasteiger partial charge in [-0.25, -0.2) is 0 Å². The SMILES string of the molecule is COc1c(OC)c(OC)c2c(c1OC)=CC1=CC(=O)C=CC=21. The fourth-order valence-electron chi connectivity index (χ4n) is 2.89. The van der Waals surface area contributed by atoms with Crippen LogP contribution in [0.4, 0.5) is 0 Å². The number of rotatable bonds is 4. The summed E-state index contributed by atoms with van der Waals surface area (Å²) in [6.45, 7) is 0. The molecule has 3 rings (SSSR count). The predicted octanol–water partition coefficient (Wildman–Crippen LogP) is 0.731. The van der Waals surface area contributed by atoms with Gasteiger partial charge in [0.1, 0.15) is 0 Å². The van der Waals surface area contributed by atoms with Crippen molar-refractivity contribution in [3.8, 4) is 23.0 Å². The molecule has 0 spiro atoms. The van der Waals surface area contributed by atoms with E-state index in [4.69, 9.17) is 18.9 Å². The molecule has 0 aromatic heterocycles. The minimum atomic E-state index is -0.0420. The molecule has 5 nitrogen and oxygen atoms in total. The molecule has 0 aliphatic heterocycles. The number of ether oxygens (including phenoxy) is 4. The second-order valence-electron chi connectivity index (χ2n) is 4.82. The molecule has 2 aliphatic carbocycles. The number of carbonyl (C=O) groups is 1. The molecule has 22 heavy (non-hydrogen) atoms. The van der Waals surface area contributed by atoms with Crippen LogP contribution in [0.2, 0.25) is 0 Å². The number of methoxy groups -OCH3 is 4. The van der Waals surface area contributed by atoms with Crippen LogP contribution >= 0.6 is 0 Å². The Morgan fingerprint density at radius 1 is 0.727 bits per heavy atom. The van der Waals surface area contributed by atoms with Gasteiger partial charge in [-0.05, 0) is 35.5 Å². The number of ketones is 1. The van der Waals surface area contributed by atoms with Crippen molar-refractivity contribution >= 4 is 17.4 Å². The lowest BCUT2D eigenvalue weighted by atomic mass is 10.0. The first-order valence-electron chi connectivity index (χ1n) is 6.72. The molecule has 0 heterocycles. The maximum Gasteiger partial charge on any atom is 0.207 e. The number of fused-ring (bicyclic) bond motifs is 2. The summed E-state index contributed by atoms with van der Waals surface area (Å²) in [5, 5.41) is 1.66. The van der Waals surface area contributed by atoms with Gasteiger partial charge in [0.15, 0.2) is 17.3 Å². The number of hydrogen-bond donors (Lipinski definition) is 0. The third-order valence-electron chi connectivity index (χ3n) is 3.77. The van der Waals surface area contributed by atoms with Gasteiger partial charge in [-0.3, -0.25) is 4.79 Å². The van der Waals surface area contributed by atoms with Crippen molar-refractivity contribution in [2.45, 2.75) is 0 Å². The molecule has 0 fully saturated rings. The molecule has 0 atom stereocenters. The highest BCUT2D eigenvalue weighted by Gasteiger charge is 2.26. The Hall–Kier alpha value is -2.69. The molecule has 0 unspecified atom stereocenters. The van der Waals surface area contributed by atoms with Gasteiger partial charge in [0.05, 0.1) is 28.4 Å². The zero-order valence-electron chi connectivity index (χ0n) is 12.9. The average Bonchev–Trinajstić information content (AvgIpc) is 2.89. The van der Waals surface area contributed by atoms with Crippen LogP contribution in [0.1, 0.15) is 0 Å². The van der Waals surface area contributed by atoms with E-state index < -0.39 is 0 Å². The molecular weight excluding hydrogens is 284 g/mol. The first-order chi connectivity index (χ1) is 10.7. The average molecular weight is 300 g/mol. The first-order valence-corrected chi connectivity index (χ1v) is 6.72. The first kappa shape index (κ1) is 14.3. The van der Waals surface area contributed by atoms with Crippen molar-refractivity contribution in [1.82, 2.24) is 0 Å². The van der Waals surface area contributed by atoms with Crippen molar-refractivity contribution in [2.24, 2.45) is 0 Å². The van der Waals surface area contributed by atoms with Crippen molar-refractivity contribution in [1.29, 1.82) is 0 Å². The van der Waals surface area contributed by atoms with E-state index in [1.807, 2.05) is 6.08 Å². The Kier molecular flexibility index (Phi) is 3.41. The number of benzene rings is 1. The van der Waals surface area contributed by atoms with Gasteiger partial charge >= 0.3 is 0 Å². The molecule has 0 N–H and O–H groups in total. The van der Waals surface area contributed by atoms with Gasteiger partial charge in [0, 0.05) is 10.4 Å². The summed E-state index contributed by atoms with van der Waals surface area (Å²) < 4.78 is 22.0. The lowest BCUT2D eigenvalue weighted by Gasteiger charge is -2.16. The van der Waals surface area contributed by atoms with E-state index >= 15 is 0 Å². The standard InChI is InChI=1S/C17H16O5/c1-19-14-12-8-9-7-10(18)5-6-11(9)13(12)15(20-2)17(22-4)16(14)21-3/h5-8H,1-4H3. The van der Waals surface area contributed by atoms with Crippen LogP contribution in [0.3, 0.4) is 0 Å². The third-order valence-corrected chi connectivity index (χ3v) is 3.77. The molecule has 0 bridgehead atoms. The van der Waals surface area contributed by atoms with Crippen LogP contribution in [-0.2, 0) is 4.79 Å². The Morgan fingerprint density at radius 2 is 1.32 bits per heavy atom. The highest BCUT2D eigenvalue weighted by atomic mass is 16.5. The number of allylic oxidation sites excluding steroid dienone is 4. The van der Waals surface area contributed by atoms with Gasteiger partial charge in [-0.2, -0.15) is 0 Å². The summed E-state index contributed by atoms with van der Waals surface area (Å²) >= 11 is 0. The Morgan fingerprint density at radius 3 is 1.91 bits per heavy atom. The summed E-state index contributed by atoms with van der Waals surface area (Å²) in [7, 11) is 6.24. The molecule has 0 radical (unpaired) electrons. The van der Waals surface area contributed by atoms with Crippen LogP contribution in [0.25, 0.3) is 11.6 Å². The van der Waals surface area contributed by atoms with E-state index in [0.29, 0.717) is 23.0 Å². The highest BCUT2D eigenvalue weighted by Crippen LogP contribution is 2.41. The summed E-state index contributed by atoms with van der Waals surface area (Å²) in [4.78, 5) is 11.6. The highest BCUT2D eigenvalue weighted by molar-refractivity contribution is 6.10. The second-order valence-corrected chi connectivity index (χ2v) is 4.82. The Bertz CT molecular complexity index is 843. The van der Waals surface area contributed by atoms with E-state index in [1.165, 1.54) is 6.08 Å². The Balaban J connectivity index is 2.54. The lowest BCUT2D eigenvalue weighted by Crippen LogP contribution is -2.28. The van der Waals surface area contributed by atoms with Crippen LogP contribution in [0.5, 0.6) is 23.0 Å². The van der Waals surface area contributed by atoms with E-state index in [9.17, 15) is 4.79 Å². The zero-order chi connectivity index (χ0) is 15.9. The molecule has 0 saturated carbocycles. The van der Waals surface area contributed by atoms with Crippen LogP contribution < -0.4 is 29.4 Å². The van der Waals surface area contributed by atoms with Gasteiger partial charge in [0.2, 0.25) is 11.5 Å². The normalized spacial score (nSPS) is 14.8. The zero-order valence-corrected chi connectivity index (χ0v) is 12.9. The van der Waals surface area contributed by atoms with Crippen molar-refractivity contribution in [2.75, 3.05) is 28.4 Å². The third kappa shape index (κ3) is 1.82. The van der Waals surface area contributed by atoms with Crippen molar-refractivity contribution in [3.63, 3.8) is 0 Å². The lowest BCUT2D eigenvalue weighted by molar-refractivity contribution is -0.110. The summed E-state index contributed by atoms with van der Waals surface area (Å²) in [5.41, 5.74) is 1.74. The largest absolute Gasteiger partial charge is 0.492 e. The van der Waals surface area contributed by atoms with Crippen molar-refractivity contribution in [3.05, 3.63) is 34.2 Å². The molecule has 0 amide bonds. The van der Waals surface area contributed by atoms with E-state index in [1.54, 1.807) is 40.6 Å². The molecule has 0 saturated heterocycles. The maximum absolute atomic E-state index is 11.6. The molecule has 1 aromatic carbocycles. The second kappa shape index (κ2) is 5.26. The van der Waals surface area contributed by atoms with E-state index in [0.717, 1.165) is 21.6 Å². The molecule has 1 aromatic rings. The monoisotopic (exact) mass is 300 g/mol. The van der Waals surface area contributed by atoms with Crippen molar-refractivity contribution < 1.29 is 23.7 Å². The summed E-state index contributed by atoms with van der Waals surface area (Å²) in [5.74, 6) is 2.00. The molecule has 114 valence electrons. The quantitative estimate of drug-likeness (QED) is 0.820. The minimum Gasteiger partial charge on any atom is -0.492 e. The summed E-state index contributed by atoms with van der Waals surface area (Å²) in [6, 6.07) is 0. The van der Waals surface area contributed by atoms with Gasteiger partial charge in [0.25, 0.3) is 0 Å². The molecule has 2 aliphatic rings. The summed E-state index contributed by atoms with van der Waals surface area (Å²) in [6.07, 6.45) is 6.81. The maximum atomic E-state index is 11.6. The fraction of sp³-hybridized carbons (Fsp3) is 0.235. The number of hydrogen-bond acceptors (Lipinski definition) is 5. The predicted molar refractivity (Wildman–Crippen MR) is 82.0 cm³/mol. The van der Waals surface area contributed by atoms with Crippen LogP contribution in [-0.4, -0.2) is 34.2 Å². The van der Waals surface area contributed by atoms with Gasteiger partial charge in [-0.15, -0.1) is 0 Å². The topological polar surface area (TPSA) is 54.0 Å². The van der Waals surface area contributed by atoms with E-state index in [-0.39, 0.29) is 5.78 Å². The smallest absolute Gasteiger partial charge is 0.207 e. The number of carbonyl (C=O) groups excluding carboxylic acids is 1. The molecular formula is C17H16O5. The minimum absolute atomic E-state index is 0.0420. The van der Waals surface area contributed by atoms with Gasteiger partial charge in [-0.1, -0.05) is 0 Å². The van der Waals surface area contributed by atoms with Crippen LogP contribution in [0, 0.1) is 0 Å².